The van der Waals surface area contributed by atoms with Crippen molar-refractivity contribution in [1.82, 2.24) is 9.62 Å². The minimum absolute atomic E-state index is 0.269. The Morgan fingerprint density at radius 1 is 1.21 bits per heavy atom. The molecule has 1 aromatic rings. The number of hydrogen-bond donors (Lipinski definition) is 1. The molecule has 0 atom stereocenters. The van der Waals surface area contributed by atoms with Crippen LogP contribution in [-0.2, 0) is 10.0 Å². The third-order valence-electron chi connectivity index (χ3n) is 2.53. The standard InChI is InChI=1S/C13H22N2O3S/c1-11(2)14-9-10-18-12-5-7-13(8-6-12)19(16,17)15(3)4/h5-8,11,14H,9-10H2,1-4H3. The second kappa shape index (κ2) is 6.88. The topological polar surface area (TPSA) is 58.6 Å². The van der Waals surface area contributed by atoms with E-state index in [9.17, 15) is 8.42 Å². The fraction of sp³-hybridized carbons (Fsp3) is 0.538. The van der Waals surface area contributed by atoms with Crippen molar-refractivity contribution in [2.75, 3.05) is 27.2 Å². The molecule has 1 aromatic carbocycles. The van der Waals surface area contributed by atoms with Gasteiger partial charge in [-0.05, 0) is 24.3 Å². The largest absolute Gasteiger partial charge is 0.492 e. The van der Waals surface area contributed by atoms with Crippen molar-refractivity contribution in [3.63, 3.8) is 0 Å². The van der Waals surface area contributed by atoms with Crippen LogP contribution in [0.4, 0.5) is 0 Å². The van der Waals surface area contributed by atoms with E-state index in [4.69, 9.17) is 4.74 Å². The molecule has 0 saturated carbocycles. The van der Waals surface area contributed by atoms with Crippen molar-refractivity contribution < 1.29 is 13.2 Å². The normalized spacial score (nSPS) is 12.1. The molecule has 0 amide bonds. The van der Waals surface area contributed by atoms with Crippen LogP contribution < -0.4 is 10.1 Å². The molecule has 1 N–H and O–H groups in total. The lowest BCUT2D eigenvalue weighted by Crippen LogP contribution is -2.27. The minimum atomic E-state index is -3.36. The van der Waals surface area contributed by atoms with Crippen molar-refractivity contribution in [3.05, 3.63) is 24.3 Å². The number of benzene rings is 1. The molecular formula is C13H22N2O3S. The van der Waals surface area contributed by atoms with E-state index in [1.165, 1.54) is 18.4 Å². The lowest BCUT2D eigenvalue weighted by molar-refractivity contribution is 0.308. The summed E-state index contributed by atoms with van der Waals surface area (Å²) in [5, 5.41) is 3.24. The van der Waals surface area contributed by atoms with Gasteiger partial charge in [-0.3, -0.25) is 0 Å². The Kier molecular flexibility index (Phi) is 5.78. The molecule has 1 rings (SSSR count). The molecule has 0 aromatic heterocycles. The maximum Gasteiger partial charge on any atom is 0.242 e. The molecule has 0 unspecified atom stereocenters. The smallest absolute Gasteiger partial charge is 0.242 e. The highest BCUT2D eigenvalue weighted by Crippen LogP contribution is 2.17. The maximum absolute atomic E-state index is 11.9. The highest BCUT2D eigenvalue weighted by molar-refractivity contribution is 7.89. The van der Waals surface area contributed by atoms with Gasteiger partial charge in [0.25, 0.3) is 0 Å². The number of nitrogens with zero attached hydrogens (tertiary/aromatic N) is 1. The van der Waals surface area contributed by atoms with Gasteiger partial charge in [0.05, 0.1) is 4.90 Å². The zero-order chi connectivity index (χ0) is 14.5. The van der Waals surface area contributed by atoms with Crippen LogP contribution in [0.3, 0.4) is 0 Å². The lowest BCUT2D eigenvalue weighted by Gasteiger charge is -2.12. The van der Waals surface area contributed by atoms with Gasteiger partial charge >= 0.3 is 0 Å². The van der Waals surface area contributed by atoms with Crippen LogP contribution in [0, 0.1) is 0 Å². The van der Waals surface area contributed by atoms with Gasteiger partial charge in [-0.15, -0.1) is 0 Å². The number of ether oxygens (including phenoxy) is 1. The number of rotatable bonds is 7. The molecule has 0 saturated heterocycles. The summed E-state index contributed by atoms with van der Waals surface area (Å²) in [5.41, 5.74) is 0. The van der Waals surface area contributed by atoms with Crippen LogP contribution in [-0.4, -0.2) is 46.0 Å². The van der Waals surface area contributed by atoms with Crippen molar-refractivity contribution in [2.24, 2.45) is 0 Å². The molecule has 5 nitrogen and oxygen atoms in total. The van der Waals surface area contributed by atoms with Crippen molar-refractivity contribution >= 4 is 10.0 Å². The molecule has 0 radical (unpaired) electrons. The Bertz CT molecular complexity index is 481. The summed E-state index contributed by atoms with van der Waals surface area (Å²) < 4.78 is 30.4. The fourth-order valence-corrected chi connectivity index (χ4v) is 2.34. The van der Waals surface area contributed by atoms with Gasteiger partial charge in [-0.1, -0.05) is 13.8 Å². The zero-order valence-corrected chi connectivity index (χ0v) is 12.7. The number of hydrogen-bond acceptors (Lipinski definition) is 4. The van der Waals surface area contributed by atoms with Gasteiger partial charge in [-0.25, -0.2) is 12.7 Å². The van der Waals surface area contributed by atoms with E-state index in [1.807, 2.05) is 0 Å². The molecule has 0 aliphatic heterocycles. The summed E-state index contributed by atoms with van der Waals surface area (Å²) in [6, 6.07) is 6.88. The molecule has 108 valence electrons. The fourth-order valence-electron chi connectivity index (χ4n) is 1.44. The Labute approximate surface area is 115 Å². The predicted octanol–water partition coefficient (Wildman–Crippen LogP) is 1.31. The quantitative estimate of drug-likeness (QED) is 0.768. The Hall–Kier alpha value is -1.11. The van der Waals surface area contributed by atoms with Gasteiger partial charge in [-0.2, -0.15) is 0 Å². The first-order valence-corrected chi connectivity index (χ1v) is 7.67. The molecule has 0 aliphatic carbocycles. The van der Waals surface area contributed by atoms with Gasteiger partial charge in [0, 0.05) is 26.7 Å². The summed E-state index contributed by atoms with van der Waals surface area (Å²) in [7, 11) is -0.342. The monoisotopic (exact) mass is 286 g/mol. The van der Waals surface area contributed by atoms with E-state index in [0.29, 0.717) is 18.4 Å². The van der Waals surface area contributed by atoms with E-state index < -0.39 is 10.0 Å². The molecule has 0 fully saturated rings. The summed E-state index contributed by atoms with van der Waals surface area (Å²) in [6.07, 6.45) is 0. The molecule has 0 spiro atoms. The number of sulfonamides is 1. The van der Waals surface area contributed by atoms with Crippen molar-refractivity contribution in [2.45, 2.75) is 24.8 Å². The highest BCUT2D eigenvalue weighted by Gasteiger charge is 2.16. The first kappa shape index (κ1) is 15.9. The second-order valence-corrected chi connectivity index (χ2v) is 6.87. The molecule has 0 aliphatic rings. The Morgan fingerprint density at radius 3 is 2.26 bits per heavy atom. The summed E-state index contributed by atoms with van der Waals surface area (Å²) >= 11 is 0. The van der Waals surface area contributed by atoms with Crippen LogP contribution in [0.5, 0.6) is 5.75 Å². The van der Waals surface area contributed by atoms with Crippen molar-refractivity contribution in [1.29, 1.82) is 0 Å². The van der Waals surface area contributed by atoms with Gasteiger partial charge in [0.2, 0.25) is 10.0 Å². The zero-order valence-electron chi connectivity index (χ0n) is 11.9. The summed E-state index contributed by atoms with van der Waals surface area (Å²) in [5.74, 6) is 0.670. The summed E-state index contributed by atoms with van der Waals surface area (Å²) in [4.78, 5) is 0.269. The molecular weight excluding hydrogens is 264 g/mol. The van der Waals surface area contributed by atoms with Crippen molar-refractivity contribution in [3.8, 4) is 5.75 Å². The average Bonchev–Trinajstić information content (AvgIpc) is 2.35. The average molecular weight is 286 g/mol. The third-order valence-corrected chi connectivity index (χ3v) is 4.36. The van der Waals surface area contributed by atoms with E-state index in [2.05, 4.69) is 19.2 Å². The van der Waals surface area contributed by atoms with E-state index in [-0.39, 0.29) is 4.90 Å². The minimum Gasteiger partial charge on any atom is -0.492 e. The van der Waals surface area contributed by atoms with Gasteiger partial charge < -0.3 is 10.1 Å². The highest BCUT2D eigenvalue weighted by atomic mass is 32.2. The van der Waals surface area contributed by atoms with E-state index in [1.54, 1.807) is 24.3 Å². The molecule has 0 bridgehead atoms. The van der Waals surface area contributed by atoms with E-state index in [0.717, 1.165) is 6.54 Å². The van der Waals surface area contributed by atoms with Gasteiger partial charge in [0.1, 0.15) is 12.4 Å². The van der Waals surface area contributed by atoms with Crippen LogP contribution in [0.2, 0.25) is 0 Å². The second-order valence-electron chi connectivity index (χ2n) is 4.72. The van der Waals surface area contributed by atoms with E-state index >= 15 is 0 Å². The van der Waals surface area contributed by atoms with Crippen LogP contribution in [0.25, 0.3) is 0 Å². The molecule has 6 heteroatoms. The summed E-state index contributed by atoms with van der Waals surface area (Å²) in [6.45, 7) is 5.45. The third kappa shape index (κ3) is 4.81. The Balaban J connectivity index is 2.58. The lowest BCUT2D eigenvalue weighted by atomic mass is 10.3. The van der Waals surface area contributed by atoms with Gasteiger partial charge in [0.15, 0.2) is 0 Å². The Morgan fingerprint density at radius 2 is 1.79 bits per heavy atom. The SMILES string of the molecule is CC(C)NCCOc1ccc(S(=O)(=O)N(C)C)cc1. The molecule has 19 heavy (non-hydrogen) atoms. The first-order chi connectivity index (χ1) is 8.84. The molecule has 0 heterocycles. The van der Waals surface area contributed by atoms with Crippen LogP contribution in [0.15, 0.2) is 29.2 Å². The first-order valence-electron chi connectivity index (χ1n) is 6.23. The predicted molar refractivity (Wildman–Crippen MR) is 75.9 cm³/mol. The van der Waals surface area contributed by atoms with Crippen LogP contribution >= 0.6 is 0 Å². The number of nitrogens with one attached hydrogen (secondary N) is 1. The maximum atomic E-state index is 11.9. The van der Waals surface area contributed by atoms with Crippen LogP contribution in [0.1, 0.15) is 13.8 Å².